The van der Waals surface area contributed by atoms with Crippen LogP contribution >= 0.6 is 47.2 Å². The minimum absolute atomic E-state index is 0. The van der Waals surface area contributed by atoms with Crippen LogP contribution in [0.5, 0.6) is 0 Å². The lowest BCUT2D eigenvalue weighted by atomic mass is 10.1. The molecule has 1 aromatic rings. The summed E-state index contributed by atoms with van der Waals surface area (Å²) in [5.41, 5.74) is 1.11. The van der Waals surface area contributed by atoms with Crippen molar-refractivity contribution >= 4 is 53.1 Å². The van der Waals surface area contributed by atoms with Crippen LogP contribution in [0.4, 0.5) is 0 Å². The molecule has 0 spiro atoms. The molecule has 1 aliphatic heterocycles. The van der Waals surface area contributed by atoms with Crippen LogP contribution in [-0.2, 0) is 15.9 Å². The van der Waals surface area contributed by atoms with E-state index in [1.54, 1.807) is 6.07 Å². The molecule has 1 saturated heterocycles. The summed E-state index contributed by atoms with van der Waals surface area (Å²) < 4.78 is 11.2. The molecule has 0 aromatic heterocycles. The van der Waals surface area contributed by atoms with Gasteiger partial charge in [0, 0.05) is 49.5 Å². The molecule has 1 aliphatic rings. The van der Waals surface area contributed by atoms with Crippen LogP contribution in [0.3, 0.4) is 0 Å². The van der Waals surface area contributed by atoms with Crippen LogP contribution in [0.15, 0.2) is 23.2 Å². The molecule has 160 valence electrons. The first-order valence-corrected chi connectivity index (χ1v) is 10.6. The van der Waals surface area contributed by atoms with Crippen LogP contribution in [-0.4, -0.2) is 51.5 Å². The van der Waals surface area contributed by atoms with Crippen molar-refractivity contribution in [1.82, 2.24) is 10.6 Å². The summed E-state index contributed by atoms with van der Waals surface area (Å²) >= 11 is 12.1. The topological polar surface area (TPSA) is 54.9 Å². The van der Waals surface area contributed by atoms with Gasteiger partial charge in [-0.3, -0.25) is 4.99 Å². The standard InChI is InChI=1S/C20H31Cl2N3O2.HI/c1-2-23-20(25-11-4-12-27-18-8-13-26-14-9-18)24-10-3-5-16-6-7-17(21)15-19(16)22;/h6-7,15,18H,2-5,8-14H2,1H3,(H2,23,24,25);1H. The minimum atomic E-state index is 0. The van der Waals surface area contributed by atoms with Gasteiger partial charge in [0.15, 0.2) is 5.96 Å². The maximum Gasteiger partial charge on any atom is 0.191 e. The molecular formula is C20H32Cl2IN3O2. The third-order valence-electron chi connectivity index (χ3n) is 4.37. The molecule has 2 rings (SSSR count). The second-order valence-electron chi connectivity index (χ2n) is 6.56. The highest BCUT2D eigenvalue weighted by Crippen LogP contribution is 2.22. The molecule has 8 heteroatoms. The Labute approximate surface area is 196 Å². The van der Waals surface area contributed by atoms with Crippen molar-refractivity contribution in [1.29, 1.82) is 0 Å². The smallest absolute Gasteiger partial charge is 0.191 e. The van der Waals surface area contributed by atoms with Crippen molar-refractivity contribution in [2.75, 3.05) is 39.5 Å². The quantitative estimate of drug-likeness (QED) is 0.195. The maximum absolute atomic E-state index is 6.21. The molecule has 0 bridgehead atoms. The number of aryl methyl sites for hydroxylation is 1. The van der Waals surface area contributed by atoms with E-state index in [0.29, 0.717) is 11.1 Å². The highest BCUT2D eigenvalue weighted by Gasteiger charge is 2.13. The fourth-order valence-corrected chi connectivity index (χ4v) is 3.40. The molecule has 28 heavy (non-hydrogen) atoms. The van der Waals surface area contributed by atoms with Gasteiger partial charge in [-0.25, -0.2) is 0 Å². The van der Waals surface area contributed by atoms with Gasteiger partial charge >= 0.3 is 0 Å². The Bertz CT molecular complexity index is 585. The number of benzene rings is 1. The van der Waals surface area contributed by atoms with E-state index in [4.69, 9.17) is 32.7 Å². The zero-order chi connectivity index (χ0) is 19.3. The third kappa shape index (κ3) is 10.5. The van der Waals surface area contributed by atoms with Gasteiger partial charge in [-0.2, -0.15) is 0 Å². The first-order valence-electron chi connectivity index (χ1n) is 9.84. The van der Waals surface area contributed by atoms with E-state index in [-0.39, 0.29) is 24.0 Å². The first-order chi connectivity index (χ1) is 13.2. The summed E-state index contributed by atoms with van der Waals surface area (Å²) in [6.45, 7) is 6.91. The van der Waals surface area contributed by atoms with Gasteiger partial charge < -0.3 is 20.1 Å². The number of nitrogens with one attached hydrogen (secondary N) is 2. The van der Waals surface area contributed by atoms with Crippen LogP contribution in [0, 0.1) is 0 Å². The minimum Gasteiger partial charge on any atom is -0.381 e. The third-order valence-corrected chi connectivity index (χ3v) is 4.96. The van der Waals surface area contributed by atoms with Crippen LogP contribution in [0.25, 0.3) is 0 Å². The molecule has 2 N–H and O–H groups in total. The zero-order valence-electron chi connectivity index (χ0n) is 16.5. The number of guanidine groups is 1. The predicted molar refractivity (Wildman–Crippen MR) is 129 cm³/mol. The highest BCUT2D eigenvalue weighted by molar-refractivity contribution is 14.0. The van der Waals surface area contributed by atoms with E-state index in [1.807, 2.05) is 12.1 Å². The van der Waals surface area contributed by atoms with Gasteiger partial charge in [-0.15, -0.1) is 24.0 Å². The number of halogens is 3. The average Bonchev–Trinajstić information content (AvgIpc) is 2.67. The Morgan fingerprint density at radius 2 is 2.00 bits per heavy atom. The Hall–Kier alpha value is -0.280. The van der Waals surface area contributed by atoms with Crippen molar-refractivity contribution in [2.45, 2.75) is 45.1 Å². The molecule has 0 radical (unpaired) electrons. The SMILES string of the molecule is CCNC(=NCCCc1ccc(Cl)cc1Cl)NCCCOC1CCOCC1.I. The molecule has 1 heterocycles. The molecule has 1 fully saturated rings. The fourth-order valence-electron chi connectivity index (χ4n) is 2.90. The Kier molecular flexibility index (Phi) is 14.3. The Balaban J connectivity index is 0.00000392. The van der Waals surface area contributed by atoms with Crippen LogP contribution in [0.2, 0.25) is 10.0 Å². The van der Waals surface area contributed by atoms with Crippen molar-refractivity contribution in [3.8, 4) is 0 Å². The van der Waals surface area contributed by atoms with E-state index in [1.165, 1.54) is 0 Å². The van der Waals surface area contributed by atoms with E-state index in [2.05, 4.69) is 22.5 Å². The second kappa shape index (κ2) is 15.5. The molecular weight excluding hydrogens is 512 g/mol. The highest BCUT2D eigenvalue weighted by atomic mass is 127. The largest absolute Gasteiger partial charge is 0.381 e. The molecule has 5 nitrogen and oxygen atoms in total. The van der Waals surface area contributed by atoms with Gasteiger partial charge in [-0.1, -0.05) is 29.3 Å². The number of nitrogens with zero attached hydrogens (tertiary/aromatic N) is 1. The van der Waals surface area contributed by atoms with Gasteiger partial charge in [0.2, 0.25) is 0 Å². The second-order valence-corrected chi connectivity index (χ2v) is 7.41. The van der Waals surface area contributed by atoms with Gasteiger partial charge in [-0.05, 0) is 56.7 Å². The molecule has 0 amide bonds. The summed E-state index contributed by atoms with van der Waals surface area (Å²) in [4.78, 5) is 4.63. The fraction of sp³-hybridized carbons (Fsp3) is 0.650. The van der Waals surface area contributed by atoms with Gasteiger partial charge in [0.1, 0.15) is 0 Å². The number of aliphatic imine (C=N–C) groups is 1. The van der Waals surface area contributed by atoms with E-state index in [0.717, 1.165) is 88.1 Å². The van der Waals surface area contributed by atoms with E-state index < -0.39 is 0 Å². The average molecular weight is 544 g/mol. The van der Waals surface area contributed by atoms with E-state index >= 15 is 0 Å². The number of hydrogen-bond donors (Lipinski definition) is 2. The van der Waals surface area contributed by atoms with Gasteiger partial charge in [0.25, 0.3) is 0 Å². The summed E-state index contributed by atoms with van der Waals surface area (Å²) in [6, 6.07) is 5.64. The molecule has 1 aromatic carbocycles. The van der Waals surface area contributed by atoms with E-state index in [9.17, 15) is 0 Å². The number of ether oxygens (including phenoxy) is 2. The van der Waals surface area contributed by atoms with Crippen LogP contribution in [0.1, 0.15) is 38.2 Å². The summed E-state index contributed by atoms with van der Waals surface area (Å²) in [7, 11) is 0. The lowest BCUT2D eigenvalue weighted by Gasteiger charge is -2.22. The summed E-state index contributed by atoms with van der Waals surface area (Å²) in [5, 5.41) is 8.04. The summed E-state index contributed by atoms with van der Waals surface area (Å²) in [6.07, 6.45) is 5.16. The normalized spacial score (nSPS) is 15.2. The van der Waals surface area contributed by atoms with Crippen molar-refractivity contribution < 1.29 is 9.47 Å². The lowest BCUT2D eigenvalue weighted by Crippen LogP contribution is -2.38. The molecule has 0 aliphatic carbocycles. The van der Waals surface area contributed by atoms with Crippen molar-refractivity contribution in [3.63, 3.8) is 0 Å². The van der Waals surface area contributed by atoms with Crippen LogP contribution < -0.4 is 10.6 Å². The lowest BCUT2D eigenvalue weighted by molar-refractivity contribution is -0.0320. The monoisotopic (exact) mass is 543 g/mol. The zero-order valence-corrected chi connectivity index (χ0v) is 20.4. The molecule has 0 atom stereocenters. The van der Waals surface area contributed by atoms with Gasteiger partial charge in [0.05, 0.1) is 6.10 Å². The molecule has 0 unspecified atom stereocenters. The van der Waals surface area contributed by atoms with Crippen molar-refractivity contribution in [2.24, 2.45) is 4.99 Å². The number of rotatable bonds is 10. The number of hydrogen-bond acceptors (Lipinski definition) is 3. The molecule has 0 saturated carbocycles. The Morgan fingerprint density at radius 1 is 1.21 bits per heavy atom. The maximum atomic E-state index is 6.21. The first kappa shape index (κ1) is 25.8. The summed E-state index contributed by atoms with van der Waals surface area (Å²) in [5.74, 6) is 0.853. The predicted octanol–water partition coefficient (Wildman–Crippen LogP) is 4.68. The Morgan fingerprint density at radius 3 is 2.71 bits per heavy atom. The van der Waals surface area contributed by atoms with Crippen molar-refractivity contribution in [3.05, 3.63) is 33.8 Å².